The number of carbonyl (C=O) groups is 2. The summed E-state index contributed by atoms with van der Waals surface area (Å²) in [7, 11) is 0. The standard InChI is InChI=1S/C22H24O4/c1-3-25-20(23)18-14-15-22(21(24)26-4-2,16-10-6-5-7-11-16)19-13-9-8-12-17(18)19/h5-13,18H,3-4,14-15H2,1-2H3. The van der Waals surface area contributed by atoms with Gasteiger partial charge in [-0.15, -0.1) is 0 Å². The highest BCUT2D eigenvalue weighted by atomic mass is 16.5. The predicted octanol–water partition coefficient (Wildman–Crippen LogP) is 3.98. The topological polar surface area (TPSA) is 52.6 Å². The molecule has 1 aliphatic carbocycles. The molecular formula is C22H24O4. The van der Waals surface area contributed by atoms with Gasteiger partial charge in [-0.25, -0.2) is 0 Å². The zero-order valence-electron chi connectivity index (χ0n) is 15.2. The number of hydrogen-bond donors (Lipinski definition) is 0. The first-order valence-electron chi connectivity index (χ1n) is 9.14. The van der Waals surface area contributed by atoms with E-state index in [4.69, 9.17) is 9.47 Å². The summed E-state index contributed by atoms with van der Waals surface area (Å²) in [4.78, 5) is 25.6. The second-order valence-electron chi connectivity index (χ2n) is 6.42. The minimum atomic E-state index is -0.892. The third-order valence-electron chi connectivity index (χ3n) is 5.07. The Hall–Kier alpha value is -2.62. The van der Waals surface area contributed by atoms with Gasteiger partial charge in [-0.1, -0.05) is 54.6 Å². The zero-order valence-corrected chi connectivity index (χ0v) is 15.2. The molecule has 0 amide bonds. The Morgan fingerprint density at radius 2 is 1.62 bits per heavy atom. The van der Waals surface area contributed by atoms with Crippen molar-refractivity contribution >= 4 is 11.9 Å². The molecule has 0 fully saturated rings. The van der Waals surface area contributed by atoms with Crippen LogP contribution >= 0.6 is 0 Å². The normalized spacial score (nSPS) is 21.5. The van der Waals surface area contributed by atoms with Crippen molar-refractivity contribution in [3.8, 4) is 0 Å². The lowest BCUT2D eigenvalue weighted by Gasteiger charge is -2.39. The van der Waals surface area contributed by atoms with Crippen LogP contribution in [0.4, 0.5) is 0 Å². The van der Waals surface area contributed by atoms with Crippen LogP contribution in [0.5, 0.6) is 0 Å². The maximum absolute atomic E-state index is 13.1. The second kappa shape index (κ2) is 7.73. The van der Waals surface area contributed by atoms with Gasteiger partial charge in [0.1, 0.15) is 5.41 Å². The van der Waals surface area contributed by atoms with Crippen molar-refractivity contribution in [1.82, 2.24) is 0 Å². The fourth-order valence-electron chi connectivity index (χ4n) is 3.93. The smallest absolute Gasteiger partial charge is 0.321 e. The number of benzene rings is 2. The van der Waals surface area contributed by atoms with Gasteiger partial charge in [0.25, 0.3) is 0 Å². The summed E-state index contributed by atoms with van der Waals surface area (Å²) in [6.07, 6.45) is 1.06. The predicted molar refractivity (Wildman–Crippen MR) is 98.9 cm³/mol. The summed E-state index contributed by atoms with van der Waals surface area (Å²) in [6, 6.07) is 17.4. The molecule has 0 bridgehead atoms. The Morgan fingerprint density at radius 1 is 0.962 bits per heavy atom. The average Bonchev–Trinajstić information content (AvgIpc) is 2.68. The monoisotopic (exact) mass is 352 g/mol. The van der Waals surface area contributed by atoms with E-state index in [2.05, 4.69) is 0 Å². The minimum absolute atomic E-state index is 0.231. The summed E-state index contributed by atoms with van der Waals surface area (Å²) in [5, 5.41) is 0. The van der Waals surface area contributed by atoms with Gasteiger partial charge < -0.3 is 9.47 Å². The van der Waals surface area contributed by atoms with Crippen molar-refractivity contribution in [3.05, 3.63) is 71.3 Å². The lowest BCUT2D eigenvalue weighted by Crippen LogP contribution is -2.43. The molecule has 4 heteroatoms. The van der Waals surface area contributed by atoms with Crippen molar-refractivity contribution in [2.45, 2.75) is 38.0 Å². The number of carbonyl (C=O) groups excluding carboxylic acids is 2. The van der Waals surface area contributed by atoms with Crippen LogP contribution in [0.2, 0.25) is 0 Å². The van der Waals surface area contributed by atoms with Gasteiger partial charge in [-0.05, 0) is 43.4 Å². The number of esters is 2. The molecule has 2 aromatic carbocycles. The van der Waals surface area contributed by atoms with Crippen LogP contribution in [0.1, 0.15) is 49.3 Å². The van der Waals surface area contributed by atoms with Crippen LogP contribution in [-0.4, -0.2) is 25.2 Å². The maximum atomic E-state index is 13.1. The van der Waals surface area contributed by atoms with Crippen molar-refractivity contribution in [1.29, 1.82) is 0 Å². The summed E-state index contributed by atoms with van der Waals surface area (Å²) in [6.45, 7) is 4.28. The third kappa shape index (κ3) is 3.00. The zero-order chi connectivity index (χ0) is 18.6. The molecule has 0 spiro atoms. The molecule has 2 atom stereocenters. The first-order chi connectivity index (χ1) is 12.6. The van der Waals surface area contributed by atoms with E-state index in [-0.39, 0.29) is 17.9 Å². The lowest BCUT2D eigenvalue weighted by atomic mass is 9.63. The molecule has 2 unspecified atom stereocenters. The fourth-order valence-corrected chi connectivity index (χ4v) is 3.93. The molecule has 0 heterocycles. The van der Waals surface area contributed by atoms with Gasteiger partial charge in [-0.3, -0.25) is 9.59 Å². The highest BCUT2D eigenvalue weighted by Gasteiger charge is 2.49. The van der Waals surface area contributed by atoms with E-state index < -0.39 is 5.41 Å². The van der Waals surface area contributed by atoms with Crippen molar-refractivity contribution in [3.63, 3.8) is 0 Å². The summed E-state index contributed by atoms with van der Waals surface area (Å²) < 4.78 is 10.7. The molecule has 1 aliphatic rings. The molecule has 0 radical (unpaired) electrons. The van der Waals surface area contributed by atoms with Crippen LogP contribution in [0.15, 0.2) is 54.6 Å². The number of hydrogen-bond acceptors (Lipinski definition) is 4. The van der Waals surface area contributed by atoms with Crippen LogP contribution < -0.4 is 0 Å². The van der Waals surface area contributed by atoms with E-state index in [1.54, 1.807) is 6.92 Å². The maximum Gasteiger partial charge on any atom is 0.321 e. The Bertz CT molecular complexity index is 784. The van der Waals surface area contributed by atoms with Crippen LogP contribution in [0, 0.1) is 0 Å². The molecule has 0 aromatic heterocycles. The molecule has 0 aliphatic heterocycles. The van der Waals surface area contributed by atoms with Gasteiger partial charge in [0.15, 0.2) is 0 Å². The van der Waals surface area contributed by atoms with Gasteiger partial charge >= 0.3 is 11.9 Å². The van der Waals surface area contributed by atoms with Gasteiger partial charge in [-0.2, -0.15) is 0 Å². The first kappa shape index (κ1) is 18.2. The molecule has 3 rings (SSSR count). The molecule has 2 aromatic rings. The quantitative estimate of drug-likeness (QED) is 0.764. The van der Waals surface area contributed by atoms with E-state index in [1.165, 1.54) is 0 Å². The molecule has 26 heavy (non-hydrogen) atoms. The Morgan fingerprint density at radius 3 is 2.31 bits per heavy atom. The van der Waals surface area contributed by atoms with Crippen LogP contribution in [-0.2, 0) is 24.5 Å². The highest BCUT2D eigenvalue weighted by molar-refractivity contribution is 5.91. The highest BCUT2D eigenvalue weighted by Crippen LogP contribution is 2.48. The summed E-state index contributed by atoms with van der Waals surface area (Å²) in [5.74, 6) is -0.844. The first-order valence-corrected chi connectivity index (χ1v) is 9.14. The van der Waals surface area contributed by atoms with E-state index in [1.807, 2.05) is 61.5 Å². The number of fused-ring (bicyclic) bond motifs is 1. The fraction of sp³-hybridized carbons (Fsp3) is 0.364. The van der Waals surface area contributed by atoms with E-state index in [9.17, 15) is 9.59 Å². The molecular weight excluding hydrogens is 328 g/mol. The van der Waals surface area contributed by atoms with Gasteiger partial charge in [0, 0.05) is 0 Å². The molecule has 0 saturated carbocycles. The molecule has 0 N–H and O–H groups in total. The van der Waals surface area contributed by atoms with E-state index in [0.717, 1.165) is 16.7 Å². The summed E-state index contributed by atoms with van der Waals surface area (Å²) >= 11 is 0. The van der Waals surface area contributed by atoms with E-state index in [0.29, 0.717) is 26.1 Å². The van der Waals surface area contributed by atoms with Crippen LogP contribution in [0.25, 0.3) is 0 Å². The van der Waals surface area contributed by atoms with Crippen molar-refractivity contribution in [2.24, 2.45) is 0 Å². The third-order valence-corrected chi connectivity index (χ3v) is 5.07. The number of rotatable bonds is 5. The SMILES string of the molecule is CCOC(=O)C1CCC(C(=O)OCC)(c2ccccc2)c2ccccc21. The van der Waals surface area contributed by atoms with Crippen LogP contribution in [0.3, 0.4) is 0 Å². The Labute approximate surface area is 154 Å². The Balaban J connectivity index is 2.18. The molecule has 4 nitrogen and oxygen atoms in total. The van der Waals surface area contributed by atoms with Gasteiger partial charge in [0.05, 0.1) is 19.1 Å². The number of ether oxygens (including phenoxy) is 2. The Kier molecular flexibility index (Phi) is 5.40. The molecule has 0 saturated heterocycles. The largest absolute Gasteiger partial charge is 0.466 e. The minimum Gasteiger partial charge on any atom is -0.466 e. The van der Waals surface area contributed by atoms with E-state index >= 15 is 0 Å². The summed E-state index contributed by atoms with van der Waals surface area (Å²) in [5.41, 5.74) is 1.70. The van der Waals surface area contributed by atoms with Crippen molar-refractivity contribution < 1.29 is 19.1 Å². The van der Waals surface area contributed by atoms with Gasteiger partial charge in [0.2, 0.25) is 0 Å². The lowest BCUT2D eigenvalue weighted by molar-refractivity contribution is -0.151. The average molecular weight is 352 g/mol. The second-order valence-corrected chi connectivity index (χ2v) is 6.42. The molecule has 136 valence electrons. The van der Waals surface area contributed by atoms with Crippen molar-refractivity contribution in [2.75, 3.05) is 13.2 Å².